The van der Waals surface area contributed by atoms with E-state index in [0.717, 1.165) is 33.5 Å². The first-order valence-electron chi connectivity index (χ1n) is 7.01. The zero-order chi connectivity index (χ0) is 14.8. The molecule has 3 aromatic rings. The molecule has 3 rings (SSSR count). The number of ether oxygens (including phenoxy) is 1. The van der Waals surface area contributed by atoms with Crippen LogP contribution in [-0.4, -0.2) is 4.98 Å². The van der Waals surface area contributed by atoms with Crippen LogP contribution in [0.1, 0.15) is 16.7 Å². The predicted octanol–water partition coefficient (Wildman–Crippen LogP) is 4.10. The summed E-state index contributed by atoms with van der Waals surface area (Å²) in [5.41, 5.74) is 9.94. The number of nitrogens with zero attached hydrogens (tertiary/aromatic N) is 1. The highest BCUT2D eigenvalue weighted by Crippen LogP contribution is 2.34. The average Bonchev–Trinajstić information content (AvgIpc) is 2.51. The molecule has 3 nitrogen and oxygen atoms in total. The Morgan fingerprint density at radius 2 is 1.90 bits per heavy atom. The van der Waals surface area contributed by atoms with Gasteiger partial charge in [0.15, 0.2) is 0 Å². The van der Waals surface area contributed by atoms with Crippen molar-refractivity contribution in [3.05, 3.63) is 65.4 Å². The lowest BCUT2D eigenvalue weighted by atomic mass is 10.1. The summed E-state index contributed by atoms with van der Waals surface area (Å²) in [6, 6.07) is 14.1. The van der Waals surface area contributed by atoms with E-state index in [2.05, 4.69) is 24.0 Å². The van der Waals surface area contributed by atoms with Crippen molar-refractivity contribution in [2.24, 2.45) is 5.73 Å². The minimum Gasteiger partial charge on any atom is -0.456 e. The van der Waals surface area contributed by atoms with Gasteiger partial charge in [-0.15, -0.1) is 0 Å². The van der Waals surface area contributed by atoms with Gasteiger partial charge in [-0.05, 0) is 43.2 Å². The number of fused-ring (bicyclic) bond motifs is 1. The largest absolute Gasteiger partial charge is 0.456 e. The molecule has 0 aliphatic carbocycles. The molecule has 3 heteroatoms. The van der Waals surface area contributed by atoms with Crippen molar-refractivity contribution in [1.29, 1.82) is 0 Å². The van der Waals surface area contributed by atoms with E-state index in [1.54, 1.807) is 6.20 Å². The molecule has 0 radical (unpaired) electrons. The Labute approximate surface area is 124 Å². The maximum Gasteiger partial charge on any atom is 0.142 e. The second-order valence-electron chi connectivity index (χ2n) is 5.20. The molecule has 106 valence electrons. The molecule has 0 atom stereocenters. The molecule has 1 aromatic heterocycles. The highest BCUT2D eigenvalue weighted by Gasteiger charge is 2.11. The number of nitrogens with two attached hydrogens (primary N) is 1. The normalized spacial score (nSPS) is 10.8. The summed E-state index contributed by atoms with van der Waals surface area (Å²) in [5.74, 6) is 1.66. The minimum atomic E-state index is 0.401. The van der Waals surface area contributed by atoms with Crippen molar-refractivity contribution >= 4 is 10.9 Å². The quantitative estimate of drug-likeness (QED) is 0.784. The lowest BCUT2D eigenvalue weighted by molar-refractivity contribution is 0.477. The van der Waals surface area contributed by atoms with Gasteiger partial charge in [0, 0.05) is 23.7 Å². The third kappa shape index (κ3) is 2.60. The van der Waals surface area contributed by atoms with Crippen LogP contribution in [0.5, 0.6) is 11.5 Å². The lowest BCUT2D eigenvalue weighted by Gasteiger charge is -2.14. The van der Waals surface area contributed by atoms with E-state index in [-0.39, 0.29) is 0 Å². The third-order valence-electron chi connectivity index (χ3n) is 3.58. The fourth-order valence-electron chi connectivity index (χ4n) is 2.35. The summed E-state index contributed by atoms with van der Waals surface area (Å²) in [7, 11) is 0. The maximum absolute atomic E-state index is 6.21. The molecule has 0 aliphatic heterocycles. The molecule has 2 aromatic carbocycles. The second kappa shape index (κ2) is 5.54. The number of pyridine rings is 1. The Morgan fingerprint density at radius 3 is 2.71 bits per heavy atom. The molecule has 0 saturated carbocycles. The van der Waals surface area contributed by atoms with Crippen LogP contribution in [-0.2, 0) is 6.54 Å². The van der Waals surface area contributed by atoms with Crippen molar-refractivity contribution < 1.29 is 4.74 Å². The van der Waals surface area contributed by atoms with Gasteiger partial charge < -0.3 is 10.5 Å². The summed E-state index contributed by atoms with van der Waals surface area (Å²) in [4.78, 5) is 4.43. The molecule has 0 aliphatic rings. The molecule has 0 saturated heterocycles. The van der Waals surface area contributed by atoms with E-state index in [4.69, 9.17) is 10.5 Å². The van der Waals surface area contributed by atoms with Crippen LogP contribution in [0.2, 0.25) is 0 Å². The van der Waals surface area contributed by atoms with Gasteiger partial charge >= 0.3 is 0 Å². The second-order valence-corrected chi connectivity index (χ2v) is 5.20. The molecule has 0 spiro atoms. The van der Waals surface area contributed by atoms with Crippen LogP contribution >= 0.6 is 0 Å². The van der Waals surface area contributed by atoms with E-state index in [1.807, 2.05) is 37.3 Å². The van der Waals surface area contributed by atoms with Crippen molar-refractivity contribution in [3.63, 3.8) is 0 Å². The monoisotopic (exact) mass is 278 g/mol. The molecule has 0 unspecified atom stereocenters. The first kappa shape index (κ1) is 13.6. The highest BCUT2D eigenvalue weighted by molar-refractivity contribution is 5.86. The zero-order valence-electron chi connectivity index (χ0n) is 12.3. The van der Waals surface area contributed by atoms with Gasteiger partial charge in [-0.2, -0.15) is 0 Å². The number of benzene rings is 2. The van der Waals surface area contributed by atoms with Gasteiger partial charge in [-0.3, -0.25) is 4.98 Å². The van der Waals surface area contributed by atoms with Crippen molar-refractivity contribution in [3.8, 4) is 11.5 Å². The maximum atomic E-state index is 6.21. The van der Waals surface area contributed by atoms with Gasteiger partial charge in [0.1, 0.15) is 11.5 Å². The zero-order valence-corrected chi connectivity index (χ0v) is 12.3. The van der Waals surface area contributed by atoms with E-state index in [1.165, 1.54) is 5.56 Å². The number of hydrogen-bond donors (Lipinski definition) is 1. The van der Waals surface area contributed by atoms with Crippen molar-refractivity contribution in [2.45, 2.75) is 20.4 Å². The minimum absolute atomic E-state index is 0.401. The summed E-state index contributed by atoms with van der Waals surface area (Å²) < 4.78 is 6.21. The van der Waals surface area contributed by atoms with E-state index in [0.29, 0.717) is 6.54 Å². The topological polar surface area (TPSA) is 48.1 Å². The summed E-state index contributed by atoms with van der Waals surface area (Å²) in [5, 5.41) is 0.987. The summed E-state index contributed by atoms with van der Waals surface area (Å²) in [6.45, 7) is 4.50. The van der Waals surface area contributed by atoms with E-state index < -0.39 is 0 Å². The first-order valence-corrected chi connectivity index (χ1v) is 7.01. The fourth-order valence-corrected chi connectivity index (χ4v) is 2.35. The Hall–Kier alpha value is -2.39. The molecule has 1 heterocycles. The molecule has 0 amide bonds. The lowest BCUT2D eigenvalue weighted by Crippen LogP contribution is -2.02. The highest BCUT2D eigenvalue weighted by atomic mass is 16.5. The summed E-state index contributed by atoms with van der Waals surface area (Å²) in [6.07, 6.45) is 1.79. The molecular formula is C18H18N2O. The number of rotatable bonds is 3. The number of hydrogen-bond acceptors (Lipinski definition) is 3. The Balaban J connectivity index is 2.16. The molecule has 21 heavy (non-hydrogen) atoms. The van der Waals surface area contributed by atoms with Crippen LogP contribution in [0, 0.1) is 13.8 Å². The van der Waals surface area contributed by atoms with Gasteiger partial charge in [-0.25, -0.2) is 0 Å². The van der Waals surface area contributed by atoms with Gasteiger partial charge in [0.25, 0.3) is 0 Å². The summed E-state index contributed by atoms with van der Waals surface area (Å²) >= 11 is 0. The SMILES string of the molecule is Cc1ccc(C)c(Oc2c(CN)cnc3ccccc23)c1. The van der Waals surface area contributed by atoms with Crippen LogP contribution in [0.25, 0.3) is 10.9 Å². The predicted molar refractivity (Wildman–Crippen MR) is 85.6 cm³/mol. The average molecular weight is 278 g/mol. The Bertz CT molecular complexity index is 796. The molecule has 0 bridgehead atoms. The van der Waals surface area contributed by atoms with Crippen LogP contribution in [0.4, 0.5) is 0 Å². The fraction of sp³-hybridized carbons (Fsp3) is 0.167. The molecule has 0 fully saturated rings. The van der Waals surface area contributed by atoms with E-state index in [9.17, 15) is 0 Å². The van der Waals surface area contributed by atoms with Crippen LogP contribution in [0.3, 0.4) is 0 Å². The molecular weight excluding hydrogens is 260 g/mol. The van der Waals surface area contributed by atoms with Crippen LogP contribution in [0.15, 0.2) is 48.7 Å². The third-order valence-corrected chi connectivity index (χ3v) is 3.58. The van der Waals surface area contributed by atoms with Gasteiger partial charge in [0.2, 0.25) is 0 Å². The van der Waals surface area contributed by atoms with Crippen molar-refractivity contribution in [1.82, 2.24) is 4.98 Å². The smallest absolute Gasteiger partial charge is 0.142 e. The first-order chi connectivity index (χ1) is 10.2. The van der Waals surface area contributed by atoms with Crippen LogP contribution < -0.4 is 10.5 Å². The number of para-hydroxylation sites is 1. The van der Waals surface area contributed by atoms with Gasteiger partial charge in [-0.1, -0.05) is 24.3 Å². The Morgan fingerprint density at radius 1 is 1.10 bits per heavy atom. The van der Waals surface area contributed by atoms with Gasteiger partial charge in [0.05, 0.1) is 5.52 Å². The van der Waals surface area contributed by atoms with Crippen molar-refractivity contribution in [2.75, 3.05) is 0 Å². The molecule has 2 N–H and O–H groups in total. The number of aryl methyl sites for hydroxylation is 2. The van der Waals surface area contributed by atoms with E-state index >= 15 is 0 Å². The Kier molecular flexibility index (Phi) is 3.59. The standard InChI is InChI=1S/C18H18N2O/c1-12-7-8-13(2)17(9-12)21-18-14(10-19)11-20-16-6-4-3-5-15(16)18/h3-9,11H,10,19H2,1-2H3. The number of aromatic nitrogens is 1.